The van der Waals surface area contributed by atoms with Crippen molar-refractivity contribution in [3.63, 3.8) is 0 Å². The van der Waals surface area contributed by atoms with Crippen LogP contribution >= 0.6 is 0 Å². The van der Waals surface area contributed by atoms with E-state index in [1.54, 1.807) is 0 Å². The van der Waals surface area contributed by atoms with Crippen LogP contribution in [0, 0.1) is 16.4 Å². The molecule has 0 aliphatic heterocycles. The molecule has 0 aliphatic carbocycles. The Morgan fingerprint density at radius 1 is 1.89 bits per heavy atom. The van der Waals surface area contributed by atoms with Crippen LogP contribution in [-0.2, 0) is 0 Å². The predicted octanol–water partition coefficient (Wildman–Crippen LogP) is -0.966. The Morgan fingerprint density at radius 2 is 2.44 bits per heavy atom. The van der Waals surface area contributed by atoms with Gasteiger partial charge >= 0.3 is 6.03 Å². The van der Waals surface area contributed by atoms with E-state index in [-0.39, 0.29) is 5.01 Å². The van der Waals surface area contributed by atoms with E-state index < -0.39 is 6.03 Å². The number of nitrogens with two attached hydrogens (primary N) is 1. The molecular formula is C2H3N5O2. The minimum Gasteiger partial charge on any atom is -0.244 e. The van der Waals surface area contributed by atoms with Crippen molar-refractivity contribution >= 4 is 6.03 Å². The fraction of sp³-hybridized carbons (Fsp3) is 0. The van der Waals surface area contributed by atoms with Gasteiger partial charge in [0.05, 0.1) is 5.29 Å². The van der Waals surface area contributed by atoms with E-state index in [2.05, 4.69) is 5.84 Å². The number of amides is 2. The third-order valence-corrected chi connectivity index (χ3v) is 0.468. The van der Waals surface area contributed by atoms with Crippen molar-refractivity contribution in [3.8, 4) is 6.19 Å². The number of hydrogen-bond donors (Lipinski definition) is 2. The molecule has 0 fully saturated rings. The summed E-state index contributed by atoms with van der Waals surface area (Å²) in [4.78, 5) is 19.4. The van der Waals surface area contributed by atoms with Gasteiger partial charge in [-0.2, -0.15) is 15.7 Å². The molecule has 0 aliphatic rings. The zero-order chi connectivity index (χ0) is 7.28. The number of nitriles is 1. The molecule has 3 N–H and O–H groups in total. The largest absolute Gasteiger partial charge is 0.368 e. The summed E-state index contributed by atoms with van der Waals surface area (Å²) in [5.41, 5.74) is 1.41. The SMILES string of the molecule is N#CN(N)C(=O)NN=O. The fourth-order valence-electron chi connectivity index (χ4n) is 0.138. The third-order valence-electron chi connectivity index (χ3n) is 0.468. The Bertz CT molecular complexity index is 159. The molecule has 0 radical (unpaired) electrons. The molecule has 48 valence electrons. The second-order valence-electron chi connectivity index (χ2n) is 0.978. The maximum atomic E-state index is 10.1. The highest BCUT2D eigenvalue weighted by Gasteiger charge is 2.05. The van der Waals surface area contributed by atoms with Crippen LogP contribution in [0.15, 0.2) is 5.29 Å². The van der Waals surface area contributed by atoms with E-state index in [1.165, 1.54) is 11.6 Å². The Morgan fingerprint density at radius 3 is 2.78 bits per heavy atom. The lowest BCUT2D eigenvalue weighted by molar-refractivity contribution is 0.218. The first-order valence-corrected chi connectivity index (χ1v) is 1.79. The molecule has 0 aromatic carbocycles. The van der Waals surface area contributed by atoms with Crippen molar-refractivity contribution in [2.75, 3.05) is 0 Å². The number of nitrogens with one attached hydrogen (secondary N) is 1. The minimum absolute atomic E-state index is 0.140. The summed E-state index contributed by atoms with van der Waals surface area (Å²) in [6.45, 7) is 0. The first-order chi connectivity index (χ1) is 4.22. The quantitative estimate of drug-likeness (QED) is 0.118. The van der Waals surface area contributed by atoms with Gasteiger partial charge in [-0.25, -0.2) is 10.6 Å². The maximum Gasteiger partial charge on any atom is 0.368 e. The highest BCUT2D eigenvalue weighted by Crippen LogP contribution is 1.73. The van der Waals surface area contributed by atoms with Crippen LogP contribution in [0.25, 0.3) is 0 Å². The summed E-state index contributed by atoms with van der Waals surface area (Å²) in [7, 11) is 0. The number of nitroso groups, excluding NO2 is 1. The molecule has 7 nitrogen and oxygen atoms in total. The van der Waals surface area contributed by atoms with Crippen molar-refractivity contribution in [2.45, 2.75) is 0 Å². The van der Waals surface area contributed by atoms with E-state index in [0.717, 1.165) is 0 Å². The Kier molecular flexibility index (Phi) is 2.72. The topological polar surface area (TPSA) is 112 Å². The molecule has 0 aromatic heterocycles. The summed E-state index contributed by atoms with van der Waals surface area (Å²) >= 11 is 0. The Balaban J connectivity index is 3.76. The van der Waals surface area contributed by atoms with Gasteiger partial charge in [-0.15, -0.1) is 4.91 Å². The Labute approximate surface area is 49.9 Å². The predicted molar refractivity (Wildman–Crippen MR) is 26.0 cm³/mol. The molecule has 9 heavy (non-hydrogen) atoms. The lowest BCUT2D eigenvalue weighted by Crippen LogP contribution is -2.38. The van der Waals surface area contributed by atoms with Gasteiger partial charge in [-0.1, -0.05) is 0 Å². The van der Waals surface area contributed by atoms with Crippen LogP contribution in [0.1, 0.15) is 0 Å². The van der Waals surface area contributed by atoms with Crippen molar-refractivity contribution < 1.29 is 4.79 Å². The first-order valence-electron chi connectivity index (χ1n) is 1.79. The fourth-order valence-corrected chi connectivity index (χ4v) is 0.138. The van der Waals surface area contributed by atoms with Crippen LogP contribution in [0.3, 0.4) is 0 Å². The number of rotatable bonds is 1. The zero-order valence-corrected chi connectivity index (χ0v) is 4.24. The van der Waals surface area contributed by atoms with Gasteiger partial charge in [0.25, 0.3) is 0 Å². The monoisotopic (exact) mass is 129 g/mol. The molecule has 0 bridgehead atoms. The molecule has 0 rings (SSSR count). The zero-order valence-electron chi connectivity index (χ0n) is 4.24. The van der Waals surface area contributed by atoms with Gasteiger partial charge in [0, 0.05) is 0 Å². The number of urea groups is 1. The second-order valence-corrected chi connectivity index (χ2v) is 0.978. The smallest absolute Gasteiger partial charge is 0.244 e. The van der Waals surface area contributed by atoms with E-state index >= 15 is 0 Å². The average Bonchev–Trinajstić information content (AvgIpc) is 1.87. The van der Waals surface area contributed by atoms with Gasteiger partial charge in [0.15, 0.2) is 0 Å². The van der Waals surface area contributed by atoms with Crippen LogP contribution in [-0.4, -0.2) is 11.0 Å². The van der Waals surface area contributed by atoms with Gasteiger partial charge in [-0.05, 0) is 0 Å². The van der Waals surface area contributed by atoms with Gasteiger partial charge in [-0.3, -0.25) is 0 Å². The van der Waals surface area contributed by atoms with Crippen LogP contribution in [0.2, 0.25) is 0 Å². The van der Waals surface area contributed by atoms with E-state index in [0.29, 0.717) is 0 Å². The Hall–Kier alpha value is -1.68. The van der Waals surface area contributed by atoms with E-state index in [4.69, 9.17) is 5.26 Å². The summed E-state index contributed by atoms with van der Waals surface area (Å²) in [5, 5.41) is 10.0. The summed E-state index contributed by atoms with van der Waals surface area (Å²) in [6.07, 6.45) is 1.25. The van der Waals surface area contributed by atoms with Crippen LogP contribution in [0.5, 0.6) is 0 Å². The molecule has 0 saturated heterocycles. The lowest BCUT2D eigenvalue weighted by Gasteiger charge is -2.00. The van der Waals surface area contributed by atoms with Crippen molar-refractivity contribution in [2.24, 2.45) is 11.1 Å². The van der Waals surface area contributed by atoms with Crippen molar-refractivity contribution in [1.29, 1.82) is 5.26 Å². The molecule has 0 saturated carbocycles. The molecule has 0 heterocycles. The summed E-state index contributed by atoms with van der Waals surface area (Å²) < 4.78 is 0. The van der Waals surface area contributed by atoms with Crippen LogP contribution < -0.4 is 11.3 Å². The van der Waals surface area contributed by atoms with Gasteiger partial charge in [0.1, 0.15) is 0 Å². The average molecular weight is 129 g/mol. The molecule has 7 heteroatoms. The van der Waals surface area contributed by atoms with Gasteiger partial charge < -0.3 is 0 Å². The minimum atomic E-state index is -1.06. The number of hydrazine groups is 1. The van der Waals surface area contributed by atoms with Crippen molar-refractivity contribution in [1.82, 2.24) is 10.4 Å². The molecule has 2 amide bonds. The number of carbonyl (C=O) groups is 1. The number of hydrogen-bond acceptors (Lipinski definition) is 5. The molecular weight excluding hydrogens is 126 g/mol. The third kappa shape index (κ3) is 2.20. The molecule has 0 unspecified atom stereocenters. The van der Waals surface area contributed by atoms with Crippen LogP contribution in [0.4, 0.5) is 4.79 Å². The highest BCUT2D eigenvalue weighted by molar-refractivity contribution is 5.74. The van der Waals surface area contributed by atoms with E-state index in [1.807, 2.05) is 5.29 Å². The number of nitrogens with zero attached hydrogens (tertiary/aromatic N) is 3. The molecule has 0 aromatic rings. The second kappa shape index (κ2) is 3.34. The van der Waals surface area contributed by atoms with Gasteiger partial charge in [0.2, 0.25) is 6.19 Å². The summed E-state index contributed by atoms with van der Waals surface area (Å²) in [5.74, 6) is 4.66. The maximum absolute atomic E-state index is 10.1. The van der Waals surface area contributed by atoms with E-state index in [9.17, 15) is 9.70 Å². The lowest BCUT2D eigenvalue weighted by atomic mass is 11.0. The summed E-state index contributed by atoms with van der Waals surface area (Å²) in [6, 6.07) is -1.06. The first kappa shape index (κ1) is 7.32. The normalized spacial score (nSPS) is 7.11. The number of carbonyl (C=O) groups excluding carboxylic acids is 1. The van der Waals surface area contributed by atoms with Crippen molar-refractivity contribution in [3.05, 3.63) is 4.91 Å². The highest BCUT2D eigenvalue weighted by atomic mass is 16.3. The molecule has 0 spiro atoms. The molecule has 0 atom stereocenters. The standard InChI is InChI=1S/C2H3N5O2/c3-1-7(4)2(8)5-6-9/h4H2,(H,5,8,9).